The van der Waals surface area contributed by atoms with Gasteiger partial charge >= 0.3 is 0 Å². The molecule has 1 atom stereocenters. The number of hydrogen-bond acceptors (Lipinski definition) is 6. The van der Waals surface area contributed by atoms with Crippen molar-refractivity contribution in [2.24, 2.45) is 0 Å². The second-order valence-corrected chi connectivity index (χ2v) is 7.94. The van der Waals surface area contributed by atoms with E-state index >= 15 is 0 Å². The molecule has 3 N–H and O–H groups in total. The third-order valence-corrected chi connectivity index (χ3v) is 6.21. The standard InChI is InChI=1S/C15H22N2O6S/c18-11-12(19)10-16-3-5-17(6-4-16)24(20,21)13-1-2-14-15(9-13)23-8-7-22-14/h1-2,9,12,18-19H,3-8,10-11H2/p+1/t12-/m1/s1. The van der Waals surface area contributed by atoms with Crippen molar-refractivity contribution >= 4 is 10.0 Å². The summed E-state index contributed by atoms with van der Waals surface area (Å²) in [6.45, 7) is 2.97. The van der Waals surface area contributed by atoms with Crippen molar-refractivity contribution in [3.8, 4) is 11.5 Å². The number of piperazine rings is 1. The summed E-state index contributed by atoms with van der Waals surface area (Å²) in [5, 5.41) is 18.4. The number of hydrogen-bond donors (Lipinski definition) is 3. The van der Waals surface area contributed by atoms with Crippen LogP contribution in [-0.4, -0.2) is 81.6 Å². The van der Waals surface area contributed by atoms with Crippen molar-refractivity contribution in [2.75, 3.05) is 52.5 Å². The Balaban J connectivity index is 1.68. The van der Waals surface area contributed by atoms with Crippen LogP contribution >= 0.6 is 0 Å². The highest BCUT2D eigenvalue weighted by Crippen LogP contribution is 2.33. The van der Waals surface area contributed by atoms with Crippen LogP contribution < -0.4 is 14.4 Å². The van der Waals surface area contributed by atoms with Gasteiger partial charge in [-0.3, -0.25) is 0 Å². The highest BCUT2D eigenvalue weighted by atomic mass is 32.2. The number of aliphatic hydroxyl groups excluding tert-OH is 2. The molecule has 1 aromatic carbocycles. The van der Waals surface area contributed by atoms with Gasteiger partial charge in [0.15, 0.2) is 11.5 Å². The quantitative estimate of drug-likeness (QED) is 0.547. The molecule has 0 radical (unpaired) electrons. The van der Waals surface area contributed by atoms with Crippen LogP contribution in [0.3, 0.4) is 0 Å². The molecule has 8 nitrogen and oxygen atoms in total. The molecule has 9 heteroatoms. The van der Waals surface area contributed by atoms with Gasteiger partial charge in [-0.2, -0.15) is 4.31 Å². The minimum atomic E-state index is -3.58. The molecule has 0 aromatic heterocycles. The maximum Gasteiger partial charge on any atom is 0.243 e. The summed E-state index contributed by atoms with van der Waals surface area (Å²) in [5.41, 5.74) is 0. The average molecular weight is 359 g/mol. The van der Waals surface area contributed by atoms with E-state index in [0.717, 1.165) is 4.90 Å². The maximum atomic E-state index is 12.8. The maximum absolute atomic E-state index is 12.8. The summed E-state index contributed by atoms with van der Waals surface area (Å²) in [6, 6.07) is 4.68. The van der Waals surface area contributed by atoms with E-state index in [4.69, 9.17) is 14.6 Å². The van der Waals surface area contributed by atoms with Crippen molar-refractivity contribution in [1.29, 1.82) is 0 Å². The van der Waals surface area contributed by atoms with Crippen molar-refractivity contribution in [2.45, 2.75) is 11.0 Å². The first-order chi connectivity index (χ1) is 11.5. The van der Waals surface area contributed by atoms with Crippen LogP contribution in [0.5, 0.6) is 11.5 Å². The molecule has 0 unspecified atom stereocenters. The van der Waals surface area contributed by atoms with Gasteiger partial charge in [0.25, 0.3) is 0 Å². The number of sulfonamides is 1. The molecule has 0 bridgehead atoms. The van der Waals surface area contributed by atoms with Gasteiger partial charge in [0.2, 0.25) is 10.0 Å². The Hall–Kier alpha value is -1.39. The predicted molar refractivity (Wildman–Crippen MR) is 84.8 cm³/mol. The average Bonchev–Trinajstić information content (AvgIpc) is 2.61. The first-order valence-electron chi connectivity index (χ1n) is 8.03. The first-order valence-corrected chi connectivity index (χ1v) is 9.47. The summed E-state index contributed by atoms with van der Waals surface area (Å²) in [6.07, 6.45) is -0.763. The summed E-state index contributed by atoms with van der Waals surface area (Å²) in [5.74, 6) is 1.02. The molecule has 2 aliphatic rings. The van der Waals surface area contributed by atoms with Crippen LogP contribution in [0.1, 0.15) is 0 Å². The van der Waals surface area contributed by atoms with Crippen LogP contribution in [0.4, 0.5) is 0 Å². The molecule has 1 saturated heterocycles. The SMILES string of the molecule is O=S(=O)(c1ccc2c(c1)OCCO2)N1CC[NH+](C[C@@H](O)CO)CC1. The van der Waals surface area contributed by atoms with Crippen molar-refractivity contribution in [1.82, 2.24) is 4.31 Å². The van der Waals surface area contributed by atoms with E-state index in [-0.39, 0.29) is 11.5 Å². The highest BCUT2D eigenvalue weighted by molar-refractivity contribution is 7.89. The fourth-order valence-corrected chi connectivity index (χ4v) is 4.44. The van der Waals surface area contributed by atoms with E-state index < -0.39 is 16.1 Å². The van der Waals surface area contributed by atoms with E-state index in [1.54, 1.807) is 6.07 Å². The Morgan fingerprint density at radius 2 is 1.83 bits per heavy atom. The molecule has 0 spiro atoms. The summed E-state index contributed by atoms with van der Waals surface area (Å²) < 4.78 is 37.9. The summed E-state index contributed by atoms with van der Waals surface area (Å²) in [7, 11) is -3.58. The molecule has 0 saturated carbocycles. The topological polar surface area (TPSA) is 101 Å². The number of nitrogens with one attached hydrogen (secondary N) is 1. The lowest BCUT2D eigenvalue weighted by Crippen LogP contribution is -3.15. The van der Waals surface area contributed by atoms with Crippen molar-refractivity contribution in [3.63, 3.8) is 0 Å². The lowest BCUT2D eigenvalue weighted by molar-refractivity contribution is -0.906. The zero-order valence-corrected chi connectivity index (χ0v) is 14.2. The Morgan fingerprint density at radius 1 is 1.17 bits per heavy atom. The number of fused-ring (bicyclic) bond motifs is 1. The summed E-state index contributed by atoms with van der Waals surface area (Å²) >= 11 is 0. The molecule has 0 amide bonds. The van der Waals surface area contributed by atoms with Crippen LogP contribution in [0.2, 0.25) is 0 Å². The van der Waals surface area contributed by atoms with Gasteiger partial charge in [-0.05, 0) is 12.1 Å². The van der Waals surface area contributed by atoms with Crippen LogP contribution in [0.15, 0.2) is 23.1 Å². The smallest absolute Gasteiger partial charge is 0.243 e. The van der Waals surface area contributed by atoms with Gasteiger partial charge in [-0.25, -0.2) is 8.42 Å². The Kier molecular flexibility index (Phi) is 5.26. The molecule has 3 rings (SSSR count). The molecule has 1 fully saturated rings. The monoisotopic (exact) mass is 359 g/mol. The fourth-order valence-electron chi connectivity index (χ4n) is 2.98. The van der Waals surface area contributed by atoms with Crippen LogP contribution in [-0.2, 0) is 10.0 Å². The van der Waals surface area contributed by atoms with Crippen LogP contribution in [0, 0.1) is 0 Å². The zero-order valence-electron chi connectivity index (χ0n) is 13.3. The van der Waals surface area contributed by atoms with Crippen molar-refractivity contribution < 1.29 is 33.0 Å². The number of rotatable bonds is 5. The van der Waals surface area contributed by atoms with Gasteiger partial charge in [-0.15, -0.1) is 0 Å². The molecular formula is C15H23N2O6S+. The lowest BCUT2D eigenvalue weighted by Gasteiger charge is -2.32. The van der Waals surface area contributed by atoms with E-state index in [1.807, 2.05) is 0 Å². The molecule has 1 aromatic rings. The second-order valence-electron chi connectivity index (χ2n) is 6.00. The van der Waals surface area contributed by atoms with E-state index in [2.05, 4.69) is 0 Å². The van der Waals surface area contributed by atoms with Crippen LogP contribution in [0.25, 0.3) is 0 Å². The molecule has 24 heavy (non-hydrogen) atoms. The Morgan fingerprint density at radius 3 is 2.50 bits per heavy atom. The summed E-state index contributed by atoms with van der Waals surface area (Å²) in [4.78, 5) is 1.29. The Labute approximate surface area is 141 Å². The normalized spacial score (nSPS) is 20.8. The molecule has 134 valence electrons. The van der Waals surface area contributed by atoms with Gasteiger partial charge < -0.3 is 24.6 Å². The van der Waals surface area contributed by atoms with Gasteiger partial charge in [0, 0.05) is 6.07 Å². The predicted octanol–water partition coefficient (Wildman–Crippen LogP) is -2.30. The van der Waals surface area contributed by atoms with Crippen molar-refractivity contribution in [3.05, 3.63) is 18.2 Å². The number of quaternary nitrogens is 1. The van der Waals surface area contributed by atoms with E-state index in [0.29, 0.717) is 57.4 Å². The number of benzene rings is 1. The van der Waals surface area contributed by atoms with Gasteiger partial charge in [0.1, 0.15) is 25.9 Å². The molecule has 2 heterocycles. The van der Waals surface area contributed by atoms with E-state index in [9.17, 15) is 13.5 Å². The minimum absolute atomic E-state index is 0.200. The third kappa shape index (κ3) is 3.65. The second kappa shape index (κ2) is 7.24. The molecular weight excluding hydrogens is 336 g/mol. The minimum Gasteiger partial charge on any atom is -0.486 e. The Bertz CT molecular complexity index is 673. The molecule has 2 aliphatic heterocycles. The first kappa shape index (κ1) is 17.4. The third-order valence-electron chi connectivity index (χ3n) is 4.32. The van der Waals surface area contributed by atoms with Gasteiger partial charge in [-0.1, -0.05) is 0 Å². The largest absolute Gasteiger partial charge is 0.486 e. The zero-order chi connectivity index (χ0) is 17.2. The fraction of sp³-hybridized carbons (Fsp3) is 0.600. The lowest BCUT2D eigenvalue weighted by atomic mass is 10.3. The van der Waals surface area contributed by atoms with Gasteiger partial charge in [0.05, 0.1) is 37.7 Å². The number of nitrogens with zero attached hydrogens (tertiary/aromatic N) is 1. The van der Waals surface area contributed by atoms with E-state index in [1.165, 1.54) is 16.4 Å². The highest BCUT2D eigenvalue weighted by Gasteiger charge is 2.32. The molecule has 0 aliphatic carbocycles. The number of aliphatic hydroxyl groups is 2. The number of ether oxygens (including phenoxy) is 2.